The summed E-state index contributed by atoms with van der Waals surface area (Å²) in [6.45, 7) is 6.06. The summed E-state index contributed by atoms with van der Waals surface area (Å²) >= 11 is 0. The summed E-state index contributed by atoms with van der Waals surface area (Å²) < 4.78 is 0. The number of nitrogens with one attached hydrogen (secondary N) is 1. The maximum atomic E-state index is 12.1. The molecule has 2 aliphatic rings. The second-order valence-electron chi connectivity index (χ2n) is 7.17. The average molecular weight is 310 g/mol. The van der Waals surface area contributed by atoms with Crippen LogP contribution in [0.3, 0.4) is 0 Å². The van der Waals surface area contributed by atoms with E-state index in [9.17, 15) is 9.59 Å². The number of amides is 1. The molecule has 3 atom stereocenters. The molecule has 22 heavy (non-hydrogen) atoms. The Morgan fingerprint density at radius 2 is 1.91 bits per heavy atom. The molecule has 2 heterocycles. The van der Waals surface area contributed by atoms with E-state index < -0.39 is 12.0 Å². The first-order valence-electron chi connectivity index (χ1n) is 8.75. The highest BCUT2D eigenvalue weighted by Crippen LogP contribution is 2.33. The highest BCUT2D eigenvalue weighted by molar-refractivity contribution is 5.83. The maximum Gasteiger partial charge on any atom is 0.326 e. The van der Waals surface area contributed by atoms with E-state index in [0.717, 1.165) is 6.42 Å². The molecular weight excluding hydrogens is 280 g/mol. The van der Waals surface area contributed by atoms with Gasteiger partial charge in [0, 0.05) is 12.5 Å². The molecule has 0 aromatic rings. The van der Waals surface area contributed by atoms with Crippen molar-refractivity contribution in [2.24, 2.45) is 11.8 Å². The van der Waals surface area contributed by atoms with E-state index in [1.807, 2.05) is 13.8 Å². The van der Waals surface area contributed by atoms with Gasteiger partial charge in [0.15, 0.2) is 0 Å². The van der Waals surface area contributed by atoms with Crippen molar-refractivity contribution < 1.29 is 14.7 Å². The highest BCUT2D eigenvalue weighted by atomic mass is 16.4. The quantitative estimate of drug-likeness (QED) is 0.789. The fraction of sp³-hybridized carbons (Fsp3) is 0.882. The van der Waals surface area contributed by atoms with Crippen molar-refractivity contribution in [1.29, 1.82) is 0 Å². The standard InChI is InChI=1S/C17H30N2O3/c1-12(2)16(17(21)22)18-15(20)9-8-13-6-5-11-19-10-4-3-7-14(13)19/h12-14,16H,3-11H2,1-2H3,(H,18,20)(H,21,22)/t13?,14-,16?/m0/s1. The van der Waals surface area contributed by atoms with Gasteiger partial charge in [-0.25, -0.2) is 4.79 Å². The predicted octanol–water partition coefficient (Wildman–Crippen LogP) is 2.26. The number of fused-ring (bicyclic) bond motifs is 1. The normalized spacial score (nSPS) is 27.2. The number of piperidine rings is 2. The first-order valence-corrected chi connectivity index (χ1v) is 8.75. The zero-order chi connectivity index (χ0) is 16.1. The summed E-state index contributed by atoms with van der Waals surface area (Å²) in [6, 6.07) is -0.124. The van der Waals surface area contributed by atoms with E-state index >= 15 is 0 Å². The molecule has 0 saturated carbocycles. The smallest absolute Gasteiger partial charge is 0.326 e. The van der Waals surface area contributed by atoms with Crippen LogP contribution in [-0.4, -0.2) is 47.1 Å². The van der Waals surface area contributed by atoms with Gasteiger partial charge in [0.25, 0.3) is 0 Å². The summed E-state index contributed by atoms with van der Waals surface area (Å²) in [4.78, 5) is 25.8. The third kappa shape index (κ3) is 4.45. The number of aliphatic carboxylic acids is 1. The Hall–Kier alpha value is -1.10. The van der Waals surface area contributed by atoms with Crippen molar-refractivity contribution >= 4 is 11.9 Å². The molecular formula is C17H30N2O3. The average Bonchev–Trinajstić information content (AvgIpc) is 2.49. The predicted molar refractivity (Wildman–Crippen MR) is 85.6 cm³/mol. The number of carboxylic acid groups (broad SMARTS) is 1. The number of hydrogen-bond donors (Lipinski definition) is 2. The minimum atomic E-state index is -0.945. The third-order valence-electron chi connectivity index (χ3n) is 5.22. The molecule has 5 nitrogen and oxygen atoms in total. The van der Waals surface area contributed by atoms with Gasteiger partial charge < -0.3 is 15.3 Å². The molecule has 0 radical (unpaired) electrons. The highest BCUT2D eigenvalue weighted by Gasteiger charge is 2.33. The van der Waals surface area contributed by atoms with Crippen LogP contribution in [0.1, 0.15) is 58.8 Å². The second kappa shape index (κ2) is 7.95. The van der Waals surface area contributed by atoms with Crippen molar-refractivity contribution in [3.8, 4) is 0 Å². The lowest BCUT2D eigenvalue weighted by Crippen LogP contribution is -2.48. The van der Waals surface area contributed by atoms with Crippen LogP contribution in [0.4, 0.5) is 0 Å². The van der Waals surface area contributed by atoms with Gasteiger partial charge in [-0.3, -0.25) is 4.79 Å². The number of carbonyl (C=O) groups excluding carboxylic acids is 1. The minimum Gasteiger partial charge on any atom is -0.480 e. The van der Waals surface area contributed by atoms with Crippen LogP contribution in [0.5, 0.6) is 0 Å². The lowest BCUT2D eigenvalue weighted by molar-refractivity contribution is -0.143. The van der Waals surface area contributed by atoms with Crippen LogP contribution in [0.2, 0.25) is 0 Å². The summed E-state index contributed by atoms with van der Waals surface area (Å²) in [5.74, 6) is -0.555. The molecule has 5 heteroatoms. The van der Waals surface area contributed by atoms with Gasteiger partial charge >= 0.3 is 5.97 Å². The molecule has 0 aromatic heterocycles. The minimum absolute atomic E-state index is 0.0926. The number of rotatable bonds is 6. The van der Waals surface area contributed by atoms with Crippen LogP contribution in [-0.2, 0) is 9.59 Å². The van der Waals surface area contributed by atoms with Gasteiger partial charge in [0.2, 0.25) is 5.91 Å². The Balaban J connectivity index is 1.81. The molecule has 2 aliphatic heterocycles. The van der Waals surface area contributed by atoms with E-state index in [0.29, 0.717) is 18.4 Å². The summed E-state index contributed by atoms with van der Waals surface area (Å²) in [5.41, 5.74) is 0. The first kappa shape index (κ1) is 17.3. The molecule has 1 amide bonds. The molecule has 2 saturated heterocycles. The Kier molecular flexibility index (Phi) is 6.24. The summed E-state index contributed by atoms with van der Waals surface area (Å²) in [5, 5.41) is 11.8. The number of carboxylic acids is 1. The molecule has 2 fully saturated rings. The molecule has 0 aromatic carbocycles. The van der Waals surface area contributed by atoms with E-state index in [4.69, 9.17) is 5.11 Å². The van der Waals surface area contributed by atoms with Crippen LogP contribution in [0.25, 0.3) is 0 Å². The van der Waals surface area contributed by atoms with E-state index in [-0.39, 0.29) is 11.8 Å². The number of nitrogens with zero attached hydrogens (tertiary/aromatic N) is 1. The van der Waals surface area contributed by atoms with Gasteiger partial charge in [0.05, 0.1) is 0 Å². The lowest BCUT2D eigenvalue weighted by atomic mass is 9.81. The summed E-state index contributed by atoms with van der Waals surface area (Å²) in [6.07, 6.45) is 7.64. The largest absolute Gasteiger partial charge is 0.480 e. The first-order chi connectivity index (χ1) is 10.5. The van der Waals surface area contributed by atoms with Crippen molar-refractivity contribution in [1.82, 2.24) is 10.2 Å². The fourth-order valence-corrected chi connectivity index (χ4v) is 3.99. The Bertz CT molecular complexity index is 395. The molecule has 0 spiro atoms. The Morgan fingerprint density at radius 1 is 1.18 bits per heavy atom. The molecule has 2 N–H and O–H groups in total. The SMILES string of the molecule is CC(C)C(NC(=O)CCC1CCCN2CCCC[C@@H]12)C(=O)O. The van der Waals surface area contributed by atoms with Crippen LogP contribution >= 0.6 is 0 Å². The number of carbonyl (C=O) groups is 2. The van der Waals surface area contributed by atoms with Crippen molar-refractivity contribution in [3.63, 3.8) is 0 Å². The Labute approximate surface area is 133 Å². The van der Waals surface area contributed by atoms with Gasteiger partial charge in [0.1, 0.15) is 6.04 Å². The zero-order valence-electron chi connectivity index (χ0n) is 13.9. The molecule has 0 aliphatic carbocycles. The molecule has 2 unspecified atom stereocenters. The fourth-order valence-electron chi connectivity index (χ4n) is 3.99. The van der Waals surface area contributed by atoms with Crippen LogP contribution in [0.15, 0.2) is 0 Å². The Morgan fingerprint density at radius 3 is 2.59 bits per heavy atom. The van der Waals surface area contributed by atoms with Gasteiger partial charge in [-0.15, -0.1) is 0 Å². The molecule has 126 valence electrons. The number of hydrogen-bond acceptors (Lipinski definition) is 3. The monoisotopic (exact) mass is 310 g/mol. The van der Waals surface area contributed by atoms with E-state index in [1.54, 1.807) is 0 Å². The van der Waals surface area contributed by atoms with Crippen LogP contribution < -0.4 is 5.32 Å². The van der Waals surface area contributed by atoms with E-state index in [1.165, 1.54) is 45.2 Å². The topological polar surface area (TPSA) is 69.6 Å². The van der Waals surface area contributed by atoms with Crippen molar-refractivity contribution in [3.05, 3.63) is 0 Å². The van der Waals surface area contributed by atoms with Gasteiger partial charge in [-0.05, 0) is 57.0 Å². The summed E-state index contributed by atoms with van der Waals surface area (Å²) in [7, 11) is 0. The van der Waals surface area contributed by atoms with Gasteiger partial charge in [-0.1, -0.05) is 20.3 Å². The van der Waals surface area contributed by atoms with Crippen molar-refractivity contribution in [2.45, 2.75) is 70.9 Å². The molecule has 0 bridgehead atoms. The van der Waals surface area contributed by atoms with Crippen molar-refractivity contribution in [2.75, 3.05) is 13.1 Å². The zero-order valence-corrected chi connectivity index (χ0v) is 13.9. The lowest BCUT2D eigenvalue weighted by Gasteiger charge is -2.44. The third-order valence-corrected chi connectivity index (χ3v) is 5.22. The molecule has 2 rings (SSSR count). The second-order valence-corrected chi connectivity index (χ2v) is 7.17. The van der Waals surface area contributed by atoms with E-state index in [2.05, 4.69) is 10.2 Å². The maximum absolute atomic E-state index is 12.1. The van der Waals surface area contributed by atoms with Gasteiger partial charge in [-0.2, -0.15) is 0 Å². The van der Waals surface area contributed by atoms with Crippen LogP contribution in [0, 0.1) is 11.8 Å².